The Bertz CT molecular complexity index is 875. The number of hydrogen-bond acceptors (Lipinski definition) is 2. The lowest BCUT2D eigenvalue weighted by atomic mass is 9.88. The summed E-state index contributed by atoms with van der Waals surface area (Å²) in [6, 6.07) is 8.31. The van der Waals surface area contributed by atoms with Crippen molar-refractivity contribution >= 4 is 33.2 Å². The Kier molecular flexibility index (Phi) is 4.78. The van der Waals surface area contributed by atoms with Crippen LogP contribution < -0.4 is 10.6 Å². The molecule has 0 spiro atoms. The van der Waals surface area contributed by atoms with Gasteiger partial charge in [0, 0.05) is 16.7 Å². The highest BCUT2D eigenvalue weighted by atomic mass is 79.9. The van der Waals surface area contributed by atoms with Crippen LogP contribution in [0.4, 0.5) is 11.4 Å². The Morgan fingerprint density at radius 1 is 1.19 bits per heavy atom. The van der Waals surface area contributed by atoms with E-state index in [0.717, 1.165) is 52.8 Å². The summed E-state index contributed by atoms with van der Waals surface area (Å²) in [5.41, 5.74) is 7.79. The third-order valence-electron chi connectivity index (χ3n) is 5.69. The van der Waals surface area contributed by atoms with Crippen molar-refractivity contribution in [2.45, 2.75) is 51.9 Å². The number of nitrogens with one attached hydrogen (secondary N) is 2. The van der Waals surface area contributed by atoms with Crippen LogP contribution in [0.15, 0.2) is 28.7 Å². The highest BCUT2D eigenvalue weighted by Crippen LogP contribution is 2.37. The Labute approximate surface area is 163 Å². The number of fused-ring (bicyclic) bond motifs is 2. The number of rotatable bonds is 2. The van der Waals surface area contributed by atoms with Crippen LogP contribution in [0, 0.1) is 6.92 Å². The molecule has 0 fully saturated rings. The summed E-state index contributed by atoms with van der Waals surface area (Å²) in [6.45, 7) is 5.23. The number of carbonyl (C=O) groups is 1. The summed E-state index contributed by atoms with van der Waals surface area (Å²) in [7, 11) is 0. The molecule has 3 nitrogen and oxygen atoms in total. The molecule has 0 saturated carbocycles. The molecule has 4 rings (SSSR count). The maximum absolute atomic E-state index is 13.2. The Hall–Kier alpha value is -1.81. The quantitative estimate of drug-likeness (QED) is 0.653. The summed E-state index contributed by atoms with van der Waals surface area (Å²) < 4.78 is 1.16. The summed E-state index contributed by atoms with van der Waals surface area (Å²) in [5, 5.41) is 6.66. The van der Waals surface area contributed by atoms with Crippen LogP contribution in [-0.4, -0.2) is 12.5 Å². The maximum Gasteiger partial charge on any atom is 0.257 e. The van der Waals surface area contributed by atoms with Crippen molar-refractivity contribution in [1.29, 1.82) is 0 Å². The number of anilines is 2. The molecule has 2 aromatic carbocycles. The Morgan fingerprint density at radius 3 is 2.77 bits per heavy atom. The molecule has 0 saturated heterocycles. The highest BCUT2D eigenvalue weighted by molar-refractivity contribution is 9.10. The van der Waals surface area contributed by atoms with Gasteiger partial charge in [0.05, 0.1) is 11.3 Å². The molecular weight excluding hydrogens is 388 g/mol. The van der Waals surface area contributed by atoms with Gasteiger partial charge in [-0.05, 0) is 85.4 Å². The second-order valence-electron chi connectivity index (χ2n) is 7.61. The molecular formula is C22H25BrN2O. The number of aryl methyl sites for hydroxylation is 1. The number of halogens is 1. The molecule has 1 aliphatic heterocycles. The molecule has 1 aliphatic carbocycles. The largest absolute Gasteiger partial charge is 0.384 e. The molecule has 0 bridgehead atoms. The molecule has 2 aromatic rings. The molecule has 2 aliphatic rings. The number of hydrogen-bond donors (Lipinski definition) is 2. The van der Waals surface area contributed by atoms with E-state index >= 15 is 0 Å². The van der Waals surface area contributed by atoms with Crippen molar-refractivity contribution in [3.05, 3.63) is 56.6 Å². The van der Waals surface area contributed by atoms with Gasteiger partial charge in [0.25, 0.3) is 5.91 Å². The van der Waals surface area contributed by atoms with Crippen LogP contribution in [0.25, 0.3) is 0 Å². The first-order valence-corrected chi connectivity index (χ1v) is 10.3. The normalized spacial score (nSPS) is 18.5. The molecule has 26 heavy (non-hydrogen) atoms. The zero-order valence-corrected chi connectivity index (χ0v) is 17.0. The van der Waals surface area contributed by atoms with Gasteiger partial charge in [0.1, 0.15) is 0 Å². The van der Waals surface area contributed by atoms with E-state index < -0.39 is 0 Å². The molecule has 2 N–H and O–H groups in total. The van der Waals surface area contributed by atoms with Gasteiger partial charge in [-0.15, -0.1) is 0 Å². The van der Waals surface area contributed by atoms with Gasteiger partial charge >= 0.3 is 0 Å². The summed E-state index contributed by atoms with van der Waals surface area (Å²) in [4.78, 5) is 13.2. The average Bonchev–Trinajstić information content (AvgIpc) is 2.64. The third-order valence-corrected chi connectivity index (χ3v) is 6.44. The van der Waals surface area contributed by atoms with Gasteiger partial charge in [-0.1, -0.05) is 28.9 Å². The third kappa shape index (κ3) is 3.16. The van der Waals surface area contributed by atoms with Crippen LogP contribution in [0.5, 0.6) is 0 Å². The van der Waals surface area contributed by atoms with Crippen molar-refractivity contribution in [2.24, 2.45) is 0 Å². The minimum absolute atomic E-state index is 0.0124. The molecule has 0 radical (unpaired) electrons. The minimum atomic E-state index is -0.0124. The number of amides is 1. The van der Waals surface area contributed by atoms with Crippen molar-refractivity contribution < 1.29 is 4.79 Å². The minimum Gasteiger partial charge on any atom is -0.384 e. The van der Waals surface area contributed by atoms with E-state index in [0.29, 0.717) is 5.92 Å². The van der Waals surface area contributed by atoms with Crippen molar-refractivity contribution in [1.82, 2.24) is 0 Å². The van der Waals surface area contributed by atoms with Crippen molar-refractivity contribution in [3.8, 4) is 0 Å². The number of carbonyl (C=O) groups excluding carboxylic acids is 1. The monoisotopic (exact) mass is 412 g/mol. The standard InChI is InChI=1S/C22H25BrN2O/c1-13-11-17-14(2)9-10-24-21(17)18(12-13)22(26)25-20-8-7-19(23)15-5-3-4-6-16(15)20/h7-8,11-12,14,24H,3-6,9-10H2,1-2H3,(H,25,26). The summed E-state index contributed by atoms with van der Waals surface area (Å²) in [5.74, 6) is 0.472. The van der Waals surface area contributed by atoms with Crippen LogP contribution in [-0.2, 0) is 12.8 Å². The van der Waals surface area contributed by atoms with Gasteiger partial charge in [-0.2, -0.15) is 0 Å². The van der Waals surface area contributed by atoms with Crippen LogP contribution in [0.2, 0.25) is 0 Å². The molecule has 1 amide bonds. The van der Waals surface area contributed by atoms with Crippen LogP contribution in [0.1, 0.15) is 64.7 Å². The van der Waals surface area contributed by atoms with E-state index in [9.17, 15) is 4.79 Å². The van der Waals surface area contributed by atoms with Gasteiger partial charge in [-0.3, -0.25) is 4.79 Å². The topological polar surface area (TPSA) is 41.1 Å². The number of benzene rings is 2. The molecule has 4 heteroatoms. The fourth-order valence-electron chi connectivity index (χ4n) is 4.28. The second kappa shape index (κ2) is 7.07. The van der Waals surface area contributed by atoms with E-state index in [4.69, 9.17) is 0 Å². The van der Waals surface area contributed by atoms with E-state index in [1.165, 1.54) is 29.5 Å². The lowest BCUT2D eigenvalue weighted by Crippen LogP contribution is -2.22. The predicted molar refractivity (Wildman–Crippen MR) is 111 cm³/mol. The average molecular weight is 413 g/mol. The second-order valence-corrected chi connectivity index (χ2v) is 8.46. The van der Waals surface area contributed by atoms with Gasteiger partial charge in [0.2, 0.25) is 0 Å². The van der Waals surface area contributed by atoms with Gasteiger partial charge < -0.3 is 10.6 Å². The molecule has 1 atom stereocenters. The SMILES string of the molecule is Cc1cc(C(=O)Nc2ccc(Br)c3c2CCCC3)c2c(c1)C(C)CCN2. The fraction of sp³-hybridized carbons (Fsp3) is 0.409. The Morgan fingerprint density at radius 2 is 1.96 bits per heavy atom. The molecule has 0 aromatic heterocycles. The van der Waals surface area contributed by atoms with Crippen molar-refractivity contribution in [3.63, 3.8) is 0 Å². The molecule has 1 heterocycles. The van der Waals surface area contributed by atoms with Crippen LogP contribution in [0.3, 0.4) is 0 Å². The van der Waals surface area contributed by atoms with Crippen LogP contribution >= 0.6 is 15.9 Å². The lowest BCUT2D eigenvalue weighted by molar-refractivity contribution is 0.102. The van der Waals surface area contributed by atoms with Gasteiger partial charge in [-0.25, -0.2) is 0 Å². The molecule has 136 valence electrons. The fourth-order valence-corrected chi connectivity index (χ4v) is 4.85. The maximum atomic E-state index is 13.2. The van der Waals surface area contributed by atoms with E-state index in [1.54, 1.807) is 0 Å². The van der Waals surface area contributed by atoms with Gasteiger partial charge in [0.15, 0.2) is 0 Å². The summed E-state index contributed by atoms with van der Waals surface area (Å²) in [6.07, 6.45) is 5.63. The van der Waals surface area contributed by atoms with E-state index in [1.807, 2.05) is 12.1 Å². The molecule has 1 unspecified atom stereocenters. The lowest BCUT2D eigenvalue weighted by Gasteiger charge is -2.27. The highest BCUT2D eigenvalue weighted by Gasteiger charge is 2.24. The first-order valence-electron chi connectivity index (χ1n) is 9.54. The van der Waals surface area contributed by atoms with E-state index in [2.05, 4.69) is 52.5 Å². The predicted octanol–water partition coefficient (Wildman–Crippen LogP) is 5.81. The Balaban J connectivity index is 1.70. The summed E-state index contributed by atoms with van der Waals surface area (Å²) >= 11 is 3.67. The zero-order valence-electron chi connectivity index (χ0n) is 15.4. The first kappa shape index (κ1) is 17.6. The van der Waals surface area contributed by atoms with Crippen molar-refractivity contribution in [2.75, 3.05) is 17.2 Å². The smallest absolute Gasteiger partial charge is 0.257 e. The van der Waals surface area contributed by atoms with E-state index in [-0.39, 0.29) is 5.91 Å². The first-order chi connectivity index (χ1) is 12.5. The zero-order chi connectivity index (χ0) is 18.3.